The molecule has 6 heteroatoms. The van der Waals surface area contributed by atoms with Crippen molar-refractivity contribution in [2.75, 3.05) is 13.2 Å². The number of rotatable bonds is 8. The maximum Gasteiger partial charge on any atom is 0.255 e. The van der Waals surface area contributed by atoms with Crippen molar-refractivity contribution in [2.45, 2.75) is 13.0 Å². The first-order valence-corrected chi connectivity index (χ1v) is 9.05. The third-order valence-corrected chi connectivity index (χ3v) is 3.99. The third kappa shape index (κ3) is 4.86. The number of nitrogens with zero attached hydrogens (tertiary/aromatic N) is 1. The van der Waals surface area contributed by atoms with Crippen LogP contribution in [-0.2, 0) is 0 Å². The van der Waals surface area contributed by atoms with Crippen molar-refractivity contribution in [1.82, 2.24) is 10.3 Å². The Labute approximate surface area is 163 Å². The largest absolute Gasteiger partial charge is 0.490 e. The van der Waals surface area contributed by atoms with E-state index in [2.05, 4.69) is 10.3 Å². The maximum atomic E-state index is 12.6. The van der Waals surface area contributed by atoms with E-state index in [1.165, 1.54) is 0 Å². The molecule has 3 aromatic rings. The number of nitrogens with one attached hydrogen (secondary N) is 1. The molecule has 0 saturated carbocycles. The van der Waals surface area contributed by atoms with Gasteiger partial charge in [0.2, 0.25) is 0 Å². The van der Waals surface area contributed by atoms with Gasteiger partial charge in [-0.1, -0.05) is 30.3 Å². The molecular formula is C22H22N2O4. The molecule has 2 N–H and O–H groups in total. The van der Waals surface area contributed by atoms with Gasteiger partial charge in [-0.2, -0.15) is 0 Å². The van der Waals surface area contributed by atoms with Crippen molar-refractivity contribution in [1.29, 1.82) is 0 Å². The summed E-state index contributed by atoms with van der Waals surface area (Å²) >= 11 is 0. The highest BCUT2D eigenvalue weighted by atomic mass is 16.5. The number of hydrogen-bond donors (Lipinski definition) is 2. The van der Waals surface area contributed by atoms with Gasteiger partial charge in [0.1, 0.15) is 11.9 Å². The average molecular weight is 378 g/mol. The topological polar surface area (TPSA) is 80.7 Å². The van der Waals surface area contributed by atoms with Gasteiger partial charge >= 0.3 is 0 Å². The number of amides is 1. The molecule has 1 heterocycles. The molecule has 1 amide bonds. The van der Waals surface area contributed by atoms with Crippen molar-refractivity contribution in [3.05, 3.63) is 84.2 Å². The second kappa shape index (κ2) is 9.53. The average Bonchev–Trinajstić information content (AvgIpc) is 2.74. The predicted molar refractivity (Wildman–Crippen MR) is 106 cm³/mol. The number of para-hydroxylation sites is 3. The van der Waals surface area contributed by atoms with Crippen molar-refractivity contribution in [3.63, 3.8) is 0 Å². The maximum absolute atomic E-state index is 12.6. The van der Waals surface area contributed by atoms with Crippen LogP contribution in [0.4, 0.5) is 0 Å². The number of carbonyl (C=O) groups is 1. The molecule has 0 bridgehead atoms. The van der Waals surface area contributed by atoms with Crippen LogP contribution in [0.15, 0.2) is 72.9 Å². The third-order valence-electron chi connectivity index (χ3n) is 3.99. The molecule has 144 valence electrons. The van der Waals surface area contributed by atoms with E-state index in [1.807, 2.05) is 25.1 Å². The molecule has 0 fully saturated rings. The van der Waals surface area contributed by atoms with E-state index in [4.69, 9.17) is 9.47 Å². The Kier molecular flexibility index (Phi) is 6.59. The van der Waals surface area contributed by atoms with Crippen LogP contribution in [0.1, 0.15) is 29.1 Å². The van der Waals surface area contributed by atoms with Crippen molar-refractivity contribution in [2.24, 2.45) is 0 Å². The molecule has 0 radical (unpaired) electrons. The second-order valence-electron chi connectivity index (χ2n) is 5.96. The summed E-state index contributed by atoms with van der Waals surface area (Å²) in [7, 11) is 0. The Bertz CT molecular complexity index is 915. The highest BCUT2D eigenvalue weighted by Gasteiger charge is 2.16. The number of aromatic nitrogens is 1. The molecule has 0 saturated heterocycles. The second-order valence-corrected chi connectivity index (χ2v) is 5.96. The van der Waals surface area contributed by atoms with E-state index in [0.717, 1.165) is 0 Å². The zero-order valence-electron chi connectivity index (χ0n) is 15.5. The first-order chi connectivity index (χ1) is 13.7. The van der Waals surface area contributed by atoms with Gasteiger partial charge in [0, 0.05) is 12.7 Å². The number of aliphatic hydroxyl groups excluding tert-OH is 1. The fourth-order valence-electron chi connectivity index (χ4n) is 2.63. The Morgan fingerprint density at radius 3 is 2.39 bits per heavy atom. The van der Waals surface area contributed by atoms with Crippen LogP contribution < -0.4 is 14.8 Å². The van der Waals surface area contributed by atoms with E-state index < -0.39 is 6.10 Å². The van der Waals surface area contributed by atoms with Gasteiger partial charge in [-0.3, -0.25) is 9.78 Å². The highest BCUT2D eigenvalue weighted by Crippen LogP contribution is 2.32. The Morgan fingerprint density at radius 2 is 1.68 bits per heavy atom. The van der Waals surface area contributed by atoms with Crippen LogP contribution in [0.2, 0.25) is 0 Å². The molecule has 0 aliphatic carbocycles. The van der Waals surface area contributed by atoms with Gasteiger partial charge < -0.3 is 19.9 Å². The minimum Gasteiger partial charge on any atom is -0.490 e. The molecule has 1 atom stereocenters. The summed E-state index contributed by atoms with van der Waals surface area (Å²) in [6, 6.07) is 19.5. The lowest BCUT2D eigenvalue weighted by Crippen LogP contribution is -2.29. The number of pyridine rings is 1. The monoisotopic (exact) mass is 378 g/mol. The molecule has 28 heavy (non-hydrogen) atoms. The zero-order chi connectivity index (χ0) is 19.8. The summed E-state index contributed by atoms with van der Waals surface area (Å²) in [5.74, 6) is 1.18. The van der Waals surface area contributed by atoms with Gasteiger partial charge in [-0.15, -0.1) is 0 Å². The standard InChI is InChI=1S/C22H22N2O4/c1-2-27-20-12-5-6-13-21(20)28-19-11-4-3-9-16(19)22(26)24-15-18(25)17-10-7-8-14-23-17/h3-14,18,25H,2,15H2,1H3,(H,24,26). The van der Waals surface area contributed by atoms with E-state index >= 15 is 0 Å². The van der Waals surface area contributed by atoms with E-state index in [-0.39, 0.29) is 12.5 Å². The first-order valence-electron chi connectivity index (χ1n) is 9.05. The Morgan fingerprint density at radius 1 is 1.00 bits per heavy atom. The lowest BCUT2D eigenvalue weighted by atomic mass is 10.1. The fourth-order valence-corrected chi connectivity index (χ4v) is 2.63. The minimum absolute atomic E-state index is 0.0414. The number of benzene rings is 2. The van der Waals surface area contributed by atoms with Crippen LogP contribution in [-0.4, -0.2) is 29.1 Å². The van der Waals surface area contributed by atoms with Gasteiger partial charge in [0.25, 0.3) is 5.91 Å². The van der Waals surface area contributed by atoms with Crippen molar-refractivity contribution >= 4 is 5.91 Å². The number of hydrogen-bond acceptors (Lipinski definition) is 5. The lowest BCUT2D eigenvalue weighted by molar-refractivity contribution is 0.0911. The van der Waals surface area contributed by atoms with Crippen LogP contribution in [0, 0.1) is 0 Å². The van der Waals surface area contributed by atoms with Crippen LogP contribution in [0.25, 0.3) is 0 Å². The first kappa shape index (κ1) is 19.4. The summed E-state index contributed by atoms with van der Waals surface area (Å²) in [4.78, 5) is 16.7. The fraction of sp³-hybridized carbons (Fsp3) is 0.182. The quantitative estimate of drug-likeness (QED) is 0.624. The molecule has 0 spiro atoms. The van der Waals surface area contributed by atoms with Gasteiger partial charge in [-0.25, -0.2) is 0 Å². The normalized spacial score (nSPS) is 11.5. The van der Waals surface area contributed by atoms with E-state index in [9.17, 15) is 9.90 Å². The lowest BCUT2D eigenvalue weighted by Gasteiger charge is -2.15. The van der Waals surface area contributed by atoms with Gasteiger partial charge in [0.15, 0.2) is 11.5 Å². The Balaban J connectivity index is 1.72. The van der Waals surface area contributed by atoms with Crippen molar-refractivity contribution < 1.29 is 19.4 Å². The van der Waals surface area contributed by atoms with E-state index in [0.29, 0.717) is 35.1 Å². The highest BCUT2D eigenvalue weighted by molar-refractivity contribution is 5.97. The summed E-state index contributed by atoms with van der Waals surface area (Å²) in [6.45, 7) is 2.44. The van der Waals surface area contributed by atoms with Gasteiger partial charge in [0.05, 0.1) is 17.9 Å². The summed E-state index contributed by atoms with van der Waals surface area (Å²) < 4.78 is 11.5. The smallest absolute Gasteiger partial charge is 0.255 e. The van der Waals surface area contributed by atoms with Crippen LogP contribution >= 0.6 is 0 Å². The number of ether oxygens (including phenoxy) is 2. The predicted octanol–water partition coefficient (Wildman–Crippen LogP) is 3.74. The Hall–Kier alpha value is -3.38. The molecule has 2 aromatic carbocycles. The minimum atomic E-state index is -0.892. The molecule has 0 aliphatic heterocycles. The van der Waals surface area contributed by atoms with Gasteiger partial charge in [-0.05, 0) is 43.3 Å². The molecule has 6 nitrogen and oxygen atoms in total. The number of aliphatic hydroxyl groups is 1. The summed E-state index contributed by atoms with van der Waals surface area (Å²) in [5.41, 5.74) is 0.861. The van der Waals surface area contributed by atoms with Crippen LogP contribution in [0.5, 0.6) is 17.2 Å². The molecule has 1 unspecified atom stereocenters. The zero-order valence-corrected chi connectivity index (χ0v) is 15.5. The van der Waals surface area contributed by atoms with Crippen molar-refractivity contribution in [3.8, 4) is 17.2 Å². The molecule has 1 aromatic heterocycles. The summed E-state index contributed by atoms with van der Waals surface area (Å²) in [5, 5.41) is 12.9. The molecule has 0 aliphatic rings. The SMILES string of the molecule is CCOc1ccccc1Oc1ccccc1C(=O)NCC(O)c1ccccn1. The van der Waals surface area contributed by atoms with Crippen LogP contribution in [0.3, 0.4) is 0 Å². The molecule has 3 rings (SSSR count). The molecular weight excluding hydrogens is 356 g/mol. The van der Waals surface area contributed by atoms with E-state index in [1.54, 1.807) is 54.7 Å². The number of carbonyl (C=O) groups excluding carboxylic acids is 1. The summed E-state index contributed by atoms with van der Waals surface area (Å²) in [6.07, 6.45) is 0.705.